The van der Waals surface area contributed by atoms with Crippen LogP contribution in [0, 0.1) is 5.92 Å². The Labute approximate surface area is 109 Å². The van der Waals surface area contributed by atoms with Gasteiger partial charge in [0.15, 0.2) is 0 Å². The minimum Gasteiger partial charge on any atom is -0.323 e. The fourth-order valence-electron chi connectivity index (χ4n) is 3.18. The summed E-state index contributed by atoms with van der Waals surface area (Å²) in [5, 5.41) is 0. The number of carbonyl (C=O) groups is 2. The van der Waals surface area contributed by atoms with Crippen LogP contribution in [0.25, 0.3) is 0 Å². The molecule has 0 radical (unpaired) electrons. The predicted molar refractivity (Wildman–Crippen MR) is 69.4 cm³/mol. The molecule has 0 aromatic rings. The molecule has 2 aliphatic rings. The number of hydrogen-bond donors (Lipinski definition) is 0. The van der Waals surface area contributed by atoms with Crippen LogP contribution in [0.15, 0.2) is 0 Å². The molecule has 5 nitrogen and oxygen atoms in total. The SMILES string of the molecule is CC(=O)CN1CC(C2CCCN(C)C2)N(C)C1=O. The molecule has 0 aliphatic carbocycles. The Morgan fingerprint density at radius 2 is 2.06 bits per heavy atom. The highest BCUT2D eigenvalue weighted by molar-refractivity contribution is 5.85. The van der Waals surface area contributed by atoms with Crippen molar-refractivity contribution in [3.8, 4) is 0 Å². The Bertz CT molecular complexity index is 345. The number of nitrogens with zero attached hydrogens (tertiary/aromatic N) is 3. The quantitative estimate of drug-likeness (QED) is 0.742. The summed E-state index contributed by atoms with van der Waals surface area (Å²) in [6.07, 6.45) is 2.38. The van der Waals surface area contributed by atoms with Crippen LogP contribution >= 0.6 is 0 Å². The zero-order valence-electron chi connectivity index (χ0n) is 11.6. The number of rotatable bonds is 3. The van der Waals surface area contributed by atoms with Crippen LogP contribution < -0.4 is 0 Å². The monoisotopic (exact) mass is 253 g/mol. The Morgan fingerprint density at radius 3 is 2.67 bits per heavy atom. The molecule has 2 unspecified atom stereocenters. The van der Waals surface area contributed by atoms with E-state index in [2.05, 4.69) is 11.9 Å². The normalized spacial score (nSPS) is 30.1. The zero-order chi connectivity index (χ0) is 13.3. The molecule has 2 amide bonds. The van der Waals surface area contributed by atoms with Crippen molar-refractivity contribution in [1.82, 2.24) is 14.7 Å². The standard InChI is InChI=1S/C13H23N3O2/c1-10(17)7-16-9-12(15(3)13(16)18)11-5-4-6-14(2)8-11/h11-12H,4-9H2,1-3H3. The van der Waals surface area contributed by atoms with Gasteiger partial charge in [0, 0.05) is 20.1 Å². The summed E-state index contributed by atoms with van der Waals surface area (Å²) in [4.78, 5) is 29.1. The van der Waals surface area contributed by atoms with E-state index in [1.54, 1.807) is 4.90 Å². The number of Topliss-reactive ketones (excluding diaryl/α,β-unsaturated/α-hetero) is 1. The fraction of sp³-hybridized carbons (Fsp3) is 0.846. The number of urea groups is 1. The molecule has 5 heteroatoms. The topological polar surface area (TPSA) is 43.9 Å². The first-order valence-corrected chi connectivity index (χ1v) is 6.68. The van der Waals surface area contributed by atoms with Gasteiger partial charge in [-0.05, 0) is 39.3 Å². The maximum Gasteiger partial charge on any atom is 0.320 e. The number of hydrogen-bond acceptors (Lipinski definition) is 3. The number of amides is 2. The first-order chi connectivity index (χ1) is 8.49. The summed E-state index contributed by atoms with van der Waals surface area (Å²) in [7, 11) is 4.00. The minimum atomic E-state index is 0.00317. The van der Waals surface area contributed by atoms with E-state index in [1.165, 1.54) is 19.8 Å². The Morgan fingerprint density at radius 1 is 1.33 bits per heavy atom. The highest BCUT2D eigenvalue weighted by Gasteiger charge is 2.40. The van der Waals surface area contributed by atoms with E-state index in [0.29, 0.717) is 12.5 Å². The number of piperidine rings is 1. The van der Waals surface area contributed by atoms with E-state index in [0.717, 1.165) is 13.1 Å². The summed E-state index contributed by atoms with van der Waals surface area (Å²) in [5.74, 6) is 0.591. The van der Waals surface area contributed by atoms with Gasteiger partial charge in [-0.15, -0.1) is 0 Å². The minimum absolute atomic E-state index is 0.00317. The Hall–Kier alpha value is -1.10. The summed E-state index contributed by atoms with van der Waals surface area (Å²) < 4.78 is 0. The molecule has 2 atom stereocenters. The molecule has 2 saturated heterocycles. The molecule has 0 bridgehead atoms. The van der Waals surface area contributed by atoms with E-state index >= 15 is 0 Å². The van der Waals surface area contributed by atoms with Crippen LogP contribution in [-0.4, -0.2) is 72.8 Å². The average Bonchev–Trinajstić information content (AvgIpc) is 2.57. The third kappa shape index (κ3) is 2.66. The van der Waals surface area contributed by atoms with Gasteiger partial charge >= 0.3 is 6.03 Å². The van der Waals surface area contributed by atoms with Crippen LogP contribution in [0.5, 0.6) is 0 Å². The van der Waals surface area contributed by atoms with Gasteiger partial charge in [0.05, 0.1) is 12.6 Å². The number of likely N-dealkylation sites (N-methyl/N-ethyl adjacent to an activating group) is 1. The van der Waals surface area contributed by atoms with E-state index in [1.807, 2.05) is 11.9 Å². The van der Waals surface area contributed by atoms with Gasteiger partial charge in [0.2, 0.25) is 0 Å². The Kier molecular flexibility index (Phi) is 3.90. The molecule has 102 valence electrons. The highest BCUT2D eigenvalue weighted by Crippen LogP contribution is 2.27. The summed E-state index contributed by atoms with van der Waals surface area (Å²) in [6.45, 7) is 4.69. The molecule has 0 N–H and O–H groups in total. The maximum atomic E-state index is 12.1. The van der Waals surface area contributed by atoms with Gasteiger partial charge in [-0.1, -0.05) is 0 Å². The van der Waals surface area contributed by atoms with E-state index < -0.39 is 0 Å². The second-order valence-electron chi connectivity index (χ2n) is 5.71. The van der Waals surface area contributed by atoms with E-state index in [4.69, 9.17) is 0 Å². The third-order valence-corrected chi connectivity index (χ3v) is 4.10. The first kappa shape index (κ1) is 13.3. The van der Waals surface area contributed by atoms with Crippen molar-refractivity contribution >= 4 is 11.8 Å². The molecule has 2 aliphatic heterocycles. The third-order valence-electron chi connectivity index (χ3n) is 4.10. The number of carbonyl (C=O) groups excluding carboxylic acids is 2. The first-order valence-electron chi connectivity index (χ1n) is 6.68. The van der Waals surface area contributed by atoms with Crippen LogP contribution in [-0.2, 0) is 4.79 Å². The smallest absolute Gasteiger partial charge is 0.320 e. The molecule has 18 heavy (non-hydrogen) atoms. The van der Waals surface area contributed by atoms with Crippen LogP contribution in [0.2, 0.25) is 0 Å². The maximum absolute atomic E-state index is 12.1. The van der Waals surface area contributed by atoms with Gasteiger partial charge in [0.25, 0.3) is 0 Å². The molecule has 2 heterocycles. The Balaban J connectivity index is 2.01. The van der Waals surface area contributed by atoms with Crippen molar-refractivity contribution in [2.75, 3.05) is 40.3 Å². The fourth-order valence-corrected chi connectivity index (χ4v) is 3.18. The van der Waals surface area contributed by atoms with Crippen molar-refractivity contribution in [3.63, 3.8) is 0 Å². The summed E-state index contributed by atoms with van der Waals surface area (Å²) in [5.41, 5.74) is 0. The van der Waals surface area contributed by atoms with Gasteiger partial charge < -0.3 is 14.7 Å². The van der Waals surface area contributed by atoms with Gasteiger partial charge in [0.1, 0.15) is 5.78 Å². The molecule has 0 aromatic carbocycles. The number of ketones is 1. The lowest BCUT2D eigenvalue weighted by atomic mass is 9.90. The lowest BCUT2D eigenvalue weighted by Gasteiger charge is -2.35. The van der Waals surface area contributed by atoms with Crippen molar-refractivity contribution in [3.05, 3.63) is 0 Å². The van der Waals surface area contributed by atoms with Crippen LogP contribution in [0.4, 0.5) is 4.79 Å². The van der Waals surface area contributed by atoms with Crippen LogP contribution in [0.1, 0.15) is 19.8 Å². The van der Waals surface area contributed by atoms with Crippen molar-refractivity contribution in [2.24, 2.45) is 5.92 Å². The molecule has 2 rings (SSSR count). The van der Waals surface area contributed by atoms with Gasteiger partial charge in [-0.3, -0.25) is 4.79 Å². The second kappa shape index (κ2) is 5.26. The van der Waals surface area contributed by atoms with E-state index in [9.17, 15) is 9.59 Å². The molecule has 0 aromatic heterocycles. The molecule has 2 fully saturated rings. The predicted octanol–water partition coefficient (Wildman–Crippen LogP) is 0.653. The lowest BCUT2D eigenvalue weighted by molar-refractivity contribution is -0.117. The largest absolute Gasteiger partial charge is 0.323 e. The summed E-state index contributed by atoms with van der Waals surface area (Å²) >= 11 is 0. The van der Waals surface area contributed by atoms with Crippen LogP contribution in [0.3, 0.4) is 0 Å². The molecular formula is C13H23N3O2. The van der Waals surface area contributed by atoms with Gasteiger partial charge in [-0.25, -0.2) is 4.79 Å². The number of likely N-dealkylation sites (tertiary alicyclic amines) is 1. The average molecular weight is 253 g/mol. The van der Waals surface area contributed by atoms with Gasteiger partial charge in [-0.2, -0.15) is 0 Å². The highest BCUT2D eigenvalue weighted by atomic mass is 16.2. The van der Waals surface area contributed by atoms with E-state index in [-0.39, 0.29) is 24.4 Å². The summed E-state index contributed by atoms with van der Waals surface area (Å²) in [6, 6.07) is 0.267. The molecule has 0 spiro atoms. The van der Waals surface area contributed by atoms with Crippen molar-refractivity contribution < 1.29 is 9.59 Å². The molecule has 0 saturated carbocycles. The zero-order valence-corrected chi connectivity index (χ0v) is 11.6. The van der Waals surface area contributed by atoms with Crippen molar-refractivity contribution in [2.45, 2.75) is 25.8 Å². The second-order valence-corrected chi connectivity index (χ2v) is 5.71. The lowest BCUT2D eigenvalue weighted by Crippen LogP contribution is -2.44. The van der Waals surface area contributed by atoms with Crippen molar-refractivity contribution in [1.29, 1.82) is 0 Å². The molecular weight excluding hydrogens is 230 g/mol.